The van der Waals surface area contributed by atoms with Crippen molar-refractivity contribution in [3.8, 4) is 0 Å². The third kappa shape index (κ3) is 1.88. The molecule has 3 aromatic rings. The number of imidazole rings is 1. The molecule has 1 fully saturated rings. The molecule has 0 saturated carbocycles. The van der Waals surface area contributed by atoms with Crippen LogP contribution in [0.5, 0.6) is 0 Å². The highest BCUT2D eigenvalue weighted by atomic mass is 16.5. The number of nitrogens with zero attached hydrogens (tertiary/aromatic N) is 3. The van der Waals surface area contributed by atoms with E-state index < -0.39 is 12.2 Å². The van der Waals surface area contributed by atoms with Crippen LogP contribution < -0.4 is 11.3 Å². The lowest BCUT2D eigenvalue weighted by atomic mass is 10.2. The van der Waals surface area contributed by atoms with Gasteiger partial charge in [-0.05, 0) is 19.1 Å². The smallest absolute Gasteiger partial charge is 0.260 e. The molecule has 0 bridgehead atoms. The van der Waals surface area contributed by atoms with Crippen molar-refractivity contribution in [2.45, 2.75) is 24.9 Å². The Morgan fingerprint density at radius 3 is 3.00 bits per heavy atom. The molecule has 1 aliphatic rings. The molecule has 2 aromatic heterocycles. The Bertz CT molecular complexity index is 921. The highest BCUT2D eigenvalue weighted by Gasteiger charge is 2.32. The van der Waals surface area contributed by atoms with Gasteiger partial charge in [-0.25, -0.2) is 9.97 Å². The van der Waals surface area contributed by atoms with Crippen LogP contribution in [0.4, 0.5) is 5.95 Å². The highest BCUT2D eigenvalue weighted by molar-refractivity contribution is 5.93. The summed E-state index contributed by atoms with van der Waals surface area (Å²) in [5.41, 5.74) is 7.18. The van der Waals surface area contributed by atoms with Gasteiger partial charge in [0.2, 0.25) is 5.95 Å². The number of fused-ring (bicyclic) bond motifs is 2. The summed E-state index contributed by atoms with van der Waals surface area (Å²) in [5.74, 6) is 0.0632. The number of anilines is 1. The Hall–Kier alpha value is -2.45. The molecule has 113 valence electrons. The first-order valence-corrected chi connectivity index (χ1v) is 6.85. The van der Waals surface area contributed by atoms with Gasteiger partial charge in [-0.1, -0.05) is 0 Å². The maximum Gasteiger partial charge on any atom is 0.260 e. The van der Waals surface area contributed by atoms with Crippen molar-refractivity contribution < 1.29 is 9.84 Å². The fourth-order valence-corrected chi connectivity index (χ4v) is 2.79. The average molecular weight is 300 g/mol. The first-order valence-electron chi connectivity index (χ1n) is 6.85. The second-order valence-corrected chi connectivity index (χ2v) is 5.39. The lowest BCUT2D eigenvalue weighted by Gasteiger charge is -2.13. The Labute approximate surface area is 124 Å². The molecule has 4 rings (SSSR count). The first kappa shape index (κ1) is 13.2. The highest BCUT2D eigenvalue weighted by Crippen LogP contribution is 2.31. The molecule has 3 atom stereocenters. The van der Waals surface area contributed by atoms with Crippen LogP contribution in [-0.2, 0) is 4.74 Å². The molecule has 0 amide bonds. The van der Waals surface area contributed by atoms with E-state index in [0.29, 0.717) is 22.8 Å². The number of nitrogens with two attached hydrogens (primary N) is 1. The van der Waals surface area contributed by atoms with Crippen molar-refractivity contribution in [1.82, 2.24) is 19.5 Å². The molecule has 1 aliphatic heterocycles. The Balaban J connectivity index is 1.91. The Kier molecular flexibility index (Phi) is 2.72. The standard InChI is InChI=1S/C14H14N5O3/c1-6-11(20)4-12(22-6)19-5-16-9-2-7-8(3-10(9)19)17-14(15)18-13(7)21/h2-3,5-6,11-12,20H,1,4H2,(H3,15,17,18,21)/t6-,11-,12-/m1/s1. The van der Waals surface area contributed by atoms with Crippen LogP contribution in [0.1, 0.15) is 12.6 Å². The van der Waals surface area contributed by atoms with Gasteiger partial charge in [0.15, 0.2) is 0 Å². The lowest BCUT2D eigenvalue weighted by Crippen LogP contribution is -2.15. The fourth-order valence-electron chi connectivity index (χ4n) is 2.79. The summed E-state index contributed by atoms with van der Waals surface area (Å²) in [6, 6.07) is 3.41. The van der Waals surface area contributed by atoms with E-state index in [-0.39, 0.29) is 17.7 Å². The molecular weight excluding hydrogens is 286 g/mol. The van der Waals surface area contributed by atoms with Crippen molar-refractivity contribution in [1.29, 1.82) is 0 Å². The van der Waals surface area contributed by atoms with E-state index in [0.717, 1.165) is 5.52 Å². The van der Waals surface area contributed by atoms with E-state index in [1.54, 1.807) is 18.5 Å². The zero-order valence-electron chi connectivity index (χ0n) is 11.6. The van der Waals surface area contributed by atoms with Gasteiger partial charge in [-0.3, -0.25) is 9.78 Å². The summed E-state index contributed by atoms with van der Waals surface area (Å²) in [4.78, 5) is 22.8. The predicted octanol–water partition coefficient (Wildman–Crippen LogP) is 0.337. The number of hydrogen-bond donors (Lipinski definition) is 3. The quantitative estimate of drug-likeness (QED) is 0.596. The average Bonchev–Trinajstić information content (AvgIpc) is 3.00. The molecule has 1 aromatic carbocycles. The monoisotopic (exact) mass is 300 g/mol. The van der Waals surface area contributed by atoms with Gasteiger partial charge >= 0.3 is 0 Å². The maximum absolute atomic E-state index is 11.9. The van der Waals surface area contributed by atoms with Crippen molar-refractivity contribution >= 4 is 27.9 Å². The van der Waals surface area contributed by atoms with E-state index in [4.69, 9.17) is 10.5 Å². The number of aromatic nitrogens is 4. The summed E-state index contributed by atoms with van der Waals surface area (Å²) in [7, 11) is 0. The minimum Gasteiger partial charge on any atom is -0.390 e. The Morgan fingerprint density at radius 1 is 1.45 bits per heavy atom. The largest absolute Gasteiger partial charge is 0.390 e. The second kappa shape index (κ2) is 4.52. The number of aliphatic hydroxyl groups is 1. The van der Waals surface area contributed by atoms with Crippen LogP contribution in [0.3, 0.4) is 0 Å². The van der Waals surface area contributed by atoms with Gasteiger partial charge in [0.1, 0.15) is 6.23 Å². The number of aromatic amines is 1. The summed E-state index contributed by atoms with van der Waals surface area (Å²) in [6.45, 7) is 3.75. The topological polar surface area (TPSA) is 119 Å². The molecule has 3 heterocycles. The van der Waals surface area contributed by atoms with Gasteiger partial charge in [-0.15, -0.1) is 0 Å². The number of nitrogen functional groups attached to an aromatic ring is 1. The van der Waals surface area contributed by atoms with Crippen LogP contribution in [0.15, 0.2) is 23.3 Å². The van der Waals surface area contributed by atoms with E-state index >= 15 is 0 Å². The molecular formula is C14H14N5O3. The van der Waals surface area contributed by atoms with Crippen molar-refractivity contribution in [2.75, 3.05) is 5.73 Å². The zero-order valence-corrected chi connectivity index (χ0v) is 11.6. The summed E-state index contributed by atoms with van der Waals surface area (Å²) < 4.78 is 7.44. The summed E-state index contributed by atoms with van der Waals surface area (Å²) in [6.07, 6.45) is 0.623. The second-order valence-electron chi connectivity index (χ2n) is 5.39. The normalized spacial score (nSPS) is 25.3. The number of rotatable bonds is 1. The predicted molar refractivity (Wildman–Crippen MR) is 80.0 cm³/mol. The fraction of sp³-hybridized carbons (Fsp3) is 0.286. The van der Waals surface area contributed by atoms with Gasteiger partial charge in [-0.2, -0.15) is 0 Å². The number of nitrogens with one attached hydrogen (secondary N) is 1. The third-order valence-electron chi connectivity index (χ3n) is 3.93. The number of H-pyrrole nitrogens is 1. The zero-order chi connectivity index (χ0) is 15.4. The van der Waals surface area contributed by atoms with Crippen LogP contribution >= 0.6 is 0 Å². The molecule has 0 spiro atoms. The van der Waals surface area contributed by atoms with Crippen LogP contribution in [0, 0.1) is 6.92 Å². The molecule has 0 unspecified atom stereocenters. The first-order chi connectivity index (χ1) is 10.5. The molecule has 8 nitrogen and oxygen atoms in total. The van der Waals surface area contributed by atoms with Gasteiger partial charge in [0.05, 0.1) is 40.5 Å². The third-order valence-corrected chi connectivity index (χ3v) is 3.93. The van der Waals surface area contributed by atoms with Gasteiger partial charge in [0, 0.05) is 6.42 Å². The lowest BCUT2D eigenvalue weighted by molar-refractivity contribution is 0.00775. The van der Waals surface area contributed by atoms with Crippen molar-refractivity contribution in [3.63, 3.8) is 0 Å². The van der Waals surface area contributed by atoms with E-state index in [9.17, 15) is 9.90 Å². The number of benzene rings is 1. The van der Waals surface area contributed by atoms with E-state index in [1.165, 1.54) is 0 Å². The molecule has 1 saturated heterocycles. The molecule has 4 N–H and O–H groups in total. The molecule has 0 aliphatic carbocycles. The van der Waals surface area contributed by atoms with Crippen LogP contribution in [-0.4, -0.2) is 36.8 Å². The molecule has 8 heteroatoms. The summed E-state index contributed by atoms with van der Waals surface area (Å²) >= 11 is 0. The van der Waals surface area contributed by atoms with Crippen molar-refractivity contribution in [2.24, 2.45) is 0 Å². The van der Waals surface area contributed by atoms with Gasteiger partial charge in [0.25, 0.3) is 5.56 Å². The maximum atomic E-state index is 11.9. The van der Waals surface area contributed by atoms with E-state index in [2.05, 4.69) is 21.9 Å². The molecule has 22 heavy (non-hydrogen) atoms. The number of hydrogen-bond acceptors (Lipinski definition) is 6. The summed E-state index contributed by atoms with van der Waals surface area (Å²) in [5, 5.41) is 10.2. The number of ether oxygens (including phenoxy) is 1. The SMILES string of the molecule is [CH2][C@H]1O[C@@H](n2cnc3cc4c(=O)[nH]c(N)nc4cc32)C[C@H]1O. The minimum absolute atomic E-state index is 0.0632. The Morgan fingerprint density at radius 2 is 2.27 bits per heavy atom. The minimum atomic E-state index is -0.612. The van der Waals surface area contributed by atoms with E-state index in [1.807, 2.05) is 4.57 Å². The van der Waals surface area contributed by atoms with Crippen LogP contribution in [0.2, 0.25) is 0 Å². The number of aliphatic hydroxyl groups excluding tert-OH is 1. The molecule has 1 radical (unpaired) electrons. The van der Waals surface area contributed by atoms with Crippen molar-refractivity contribution in [3.05, 3.63) is 35.7 Å². The van der Waals surface area contributed by atoms with Crippen LogP contribution in [0.25, 0.3) is 21.9 Å². The van der Waals surface area contributed by atoms with Gasteiger partial charge < -0.3 is 20.1 Å².